The van der Waals surface area contributed by atoms with E-state index < -0.39 is 0 Å². The Morgan fingerprint density at radius 3 is 2.58 bits per heavy atom. The Bertz CT molecular complexity index is 313. The summed E-state index contributed by atoms with van der Waals surface area (Å²) in [4.78, 5) is 14.4. The molecule has 0 radical (unpaired) electrons. The van der Waals surface area contributed by atoms with Crippen LogP contribution >= 0.6 is 0 Å². The van der Waals surface area contributed by atoms with Crippen LogP contribution in [-0.2, 0) is 9.53 Å². The maximum atomic E-state index is 12.5. The summed E-state index contributed by atoms with van der Waals surface area (Å²) in [7, 11) is 1.92. The number of nitrogens with zero attached hydrogens (tertiary/aromatic N) is 1. The first-order chi connectivity index (χ1) is 9.08. The number of carbonyl (C=O) groups excluding carboxylic acids is 1. The van der Waals surface area contributed by atoms with Crippen LogP contribution in [0.4, 0.5) is 0 Å². The first kappa shape index (κ1) is 14.8. The topological polar surface area (TPSA) is 55.6 Å². The standard InChI is InChI=1S/C15H28N2O2/c1-12-13(6-9-19-12)17(2)14(18)10-15(11-16)7-4-3-5-8-15/h12-13H,3-11,16H2,1-2H3. The fourth-order valence-electron chi connectivity index (χ4n) is 3.61. The lowest BCUT2D eigenvalue weighted by atomic mass is 9.71. The van der Waals surface area contributed by atoms with Gasteiger partial charge in [-0.05, 0) is 38.1 Å². The Morgan fingerprint density at radius 1 is 1.37 bits per heavy atom. The van der Waals surface area contributed by atoms with Gasteiger partial charge in [-0.3, -0.25) is 4.79 Å². The van der Waals surface area contributed by atoms with Crippen LogP contribution < -0.4 is 5.73 Å². The number of likely N-dealkylation sites (N-methyl/N-ethyl adjacent to an activating group) is 1. The predicted octanol–water partition coefficient (Wildman–Crippen LogP) is 1.92. The molecular weight excluding hydrogens is 240 g/mol. The number of carbonyl (C=O) groups is 1. The Balaban J connectivity index is 1.95. The first-order valence-corrected chi connectivity index (χ1v) is 7.65. The zero-order chi connectivity index (χ0) is 13.9. The lowest BCUT2D eigenvalue weighted by Gasteiger charge is -2.38. The van der Waals surface area contributed by atoms with Crippen LogP contribution in [0.15, 0.2) is 0 Å². The maximum Gasteiger partial charge on any atom is 0.223 e. The monoisotopic (exact) mass is 268 g/mol. The van der Waals surface area contributed by atoms with E-state index in [9.17, 15) is 4.79 Å². The van der Waals surface area contributed by atoms with Gasteiger partial charge in [0.15, 0.2) is 0 Å². The van der Waals surface area contributed by atoms with Crippen molar-refractivity contribution in [2.45, 2.75) is 64.0 Å². The SMILES string of the molecule is CC1OCCC1N(C)C(=O)CC1(CN)CCCCC1. The maximum absolute atomic E-state index is 12.5. The molecule has 2 fully saturated rings. The van der Waals surface area contributed by atoms with Gasteiger partial charge in [0.05, 0.1) is 12.1 Å². The van der Waals surface area contributed by atoms with Crippen LogP contribution in [0, 0.1) is 5.41 Å². The average molecular weight is 268 g/mol. The highest BCUT2D eigenvalue weighted by atomic mass is 16.5. The second-order valence-electron chi connectivity index (χ2n) is 6.38. The third kappa shape index (κ3) is 3.29. The van der Waals surface area contributed by atoms with Crippen molar-refractivity contribution in [1.29, 1.82) is 0 Å². The Hall–Kier alpha value is -0.610. The highest BCUT2D eigenvalue weighted by Crippen LogP contribution is 2.39. The van der Waals surface area contributed by atoms with Crippen molar-refractivity contribution in [3.8, 4) is 0 Å². The summed E-state index contributed by atoms with van der Waals surface area (Å²) in [5.41, 5.74) is 6.03. The highest BCUT2D eigenvalue weighted by Gasteiger charge is 2.37. The van der Waals surface area contributed by atoms with Crippen LogP contribution in [0.5, 0.6) is 0 Å². The summed E-state index contributed by atoms with van der Waals surface area (Å²) in [5, 5.41) is 0. The van der Waals surface area contributed by atoms with Crippen LogP contribution in [0.25, 0.3) is 0 Å². The van der Waals surface area contributed by atoms with E-state index in [1.807, 2.05) is 11.9 Å². The number of amides is 1. The van der Waals surface area contributed by atoms with E-state index in [2.05, 4.69) is 6.92 Å². The van der Waals surface area contributed by atoms with E-state index in [-0.39, 0.29) is 23.5 Å². The van der Waals surface area contributed by atoms with Gasteiger partial charge in [0, 0.05) is 20.1 Å². The van der Waals surface area contributed by atoms with Crippen LogP contribution in [0.3, 0.4) is 0 Å². The number of hydrogen-bond acceptors (Lipinski definition) is 3. The van der Waals surface area contributed by atoms with Crippen LogP contribution in [0.2, 0.25) is 0 Å². The fourth-order valence-corrected chi connectivity index (χ4v) is 3.61. The van der Waals surface area contributed by atoms with Gasteiger partial charge in [-0.15, -0.1) is 0 Å². The summed E-state index contributed by atoms with van der Waals surface area (Å²) >= 11 is 0. The zero-order valence-electron chi connectivity index (χ0n) is 12.4. The van der Waals surface area contributed by atoms with Crippen molar-refractivity contribution in [2.75, 3.05) is 20.2 Å². The lowest BCUT2D eigenvalue weighted by Crippen LogP contribution is -2.45. The van der Waals surface area contributed by atoms with Crippen LogP contribution in [-0.4, -0.2) is 43.2 Å². The third-order valence-electron chi connectivity index (χ3n) is 5.10. The highest BCUT2D eigenvalue weighted by molar-refractivity contribution is 5.77. The molecule has 19 heavy (non-hydrogen) atoms. The normalized spacial score (nSPS) is 30.3. The van der Waals surface area contributed by atoms with E-state index in [0.29, 0.717) is 13.0 Å². The third-order valence-corrected chi connectivity index (χ3v) is 5.10. The van der Waals surface area contributed by atoms with E-state index >= 15 is 0 Å². The Morgan fingerprint density at radius 2 is 2.05 bits per heavy atom. The minimum Gasteiger partial charge on any atom is -0.376 e. The second-order valence-corrected chi connectivity index (χ2v) is 6.38. The van der Waals surface area contributed by atoms with E-state index in [4.69, 9.17) is 10.5 Å². The molecule has 1 heterocycles. The molecule has 2 N–H and O–H groups in total. The van der Waals surface area contributed by atoms with Gasteiger partial charge < -0.3 is 15.4 Å². The second kappa shape index (κ2) is 6.23. The molecule has 1 saturated carbocycles. The molecular formula is C15H28N2O2. The summed E-state index contributed by atoms with van der Waals surface area (Å²) in [6.07, 6.45) is 7.68. The summed E-state index contributed by atoms with van der Waals surface area (Å²) < 4.78 is 5.56. The molecule has 0 spiro atoms. The average Bonchev–Trinajstić information content (AvgIpc) is 2.85. The van der Waals surface area contributed by atoms with Gasteiger partial charge in [-0.1, -0.05) is 19.3 Å². The smallest absolute Gasteiger partial charge is 0.223 e. The number of hydrogen-bond donors (Lipinski definition) is 1. The minimum atomic E-state index is 0.0618. The molecule has 0 aromatic heterocycles. The van der Waals surface area contributed by atoms with Gasteiger partial charge in [-0.2, -0.15) is 0 Å². The molecule has 2 aliphatic rings. The van der Waals surface area contributed by atoms with Gasteiger partial charge in [0.25, 0.3) is 0 Å². The van der Waals surface area contributed by atoms with Crippen molar-refractivity contribution in [2.24, 2.45) is 11.1 Å². The molecule has 1 amide bonds. The number of rotatable bonds is 4. The Kier molecular flexibility index (Phi) is 4.85. The van der Waals surface area contributed by atoms with Crippen molar-refractivity contribution in [3.63, 3.8) is 0 Å². The molecule has 110 valence electrons. The van der Waals surface area contributed by atoms with Crippen molar-refractivity contribution < 1.29 is 9.53 Å². The van der Waals surface area contributed by atoms with E-state index in [1.54, 1.807) is 0 Å². The van der Waals surface area contributed by atoms with Gasteiger partial charge in [0.2, 0.25) is 5.91 Å². The van der Waals surface area contributed by atoms with Gasteiger partial charge >= 0.3 is 0 Å². The largest absolute Gasteiger partial charge is 0.376 e. The molecule has 1 aliphatic heterocycles. The Labute approximate surface area is 116 Å². The summed E-state index contributed by atoms with van der Waals surface area (Å²) in [5.74, 6) is 0.245. The zero-order valence-corrected chi connectivity index (χ0v) is 12.4. The summed E-state index contributed by atoms with van der Waals surface area (Å²) in [6, 6.07) is 0.242. The minimum absolute atomic E-state index is 0.0618. The number of nitrogens with two attached hydrogens (primary N) is 1. The molecule has 2 atom stereocenters. The molecule has 2 unspecified atom stereocenters. The molecule has 0 aromatic rings. The predicted molar refractivity (Wildman–Crippen MR) is 75.8 cm³/mol. The molecule has 0 bridgehead atoms. The molecule has 4 heteroatoms. The summed E-state index contributed by atoms with van der Waals surface area (Å²) in [6.45, 7) is 3.47. The van der Waals surface area contributed by atoms with Crippen molar-refractivity contribution >= 4 is 5.91 Å². The molecule has 1 saturated heterocycles. The molecule has 2 rings (SSSR count). The van der Waals surface area contributed by atoms with E-state index in [1.165, 1.54) is 19.3 Å². The quantitative estimate of drug-likeness (QED) is 0.847. The van der Waals surface area contributed by atoms with Crippen molar-refractivity contribution in [1.82, 2.24) is 4.90 Å². The van der Waals surface area contributed by atoms with Gasteiger partial charge in [0.1, 0.15) is 0 Å². The molecule has 0 aromatic carbocycles. The first-order valence-electron chi connectivity index (χ1n) is 7.65. The van der Waals surface area contributed by atoms with Crippen molar-refractivity contribution in [3.05, 3.63) is 0 Å². The fraction of sp³-hybridized carbons (Fsp3) is 0.933. The van der Waals surface area contributed by atoms with E-state index in [0.717, 1.165) is 25.9 Å². The van der Waals surface area contributed by atoms with Crippen LogP contribution in [0.1, 0.15) is 51.9 Å². The number of ether oxygens (including phenoxy) is 1. The molecule has 1 aliphatic carbocycles. The molecule has 4 nitrogen and oxygen atoms in total. The lowest BCUT2D eigenvalue weighted by molar-refractivity contribution is -0.136. The van der Waals surface area contributed by atoms with Gasteiger partial charge in [-0.25, -0.2) is 0 Å².